The van der Waals surface area contributed by atoms with Crippen LogP contribution in [0.15, 0.2) is 54.6 Å². The molecule has 1 saturated heterocycles. The topological polar surface area (TPSA) is 62.8 Å². The van der Waals surface area contributed by atoms with Crippen molar-refractivity contribution in [3.8, 4) is 5.75 Å². The molecule has 0 radical (unpaired) electrons. The molecule has 0 saturated carbocycles. The summed E-state index contributed by atoms with van der Waals surface area (Å²) in [7, 11) is 2.03. The van der Waals surface area contributed by atoms with Crippen LogP contribution in [0.25, 0.3) is 0 Å². The molecule has 6 heteroatoms. The van der Waals surface area contributed by atoms with Gasteiger partial charge in [0.15, 0.2) is 0 Å². The number of amides is 2. The van der Waals surface area contributed by atoms with E-state index in [0.29, 0.717) is 24.7 Å². The van der Waals surface area contributed by atoms with Crippen LogP contribution in [0.1, 0.15) is 12.5 Å². The Morgan fingerprint density at radius 2 is 1.96 bits per heavy atom. The summed E-state index contributed by atoms with van der Waals surface area (Å²) in [5.74, 6) is 0.712. The number of benzene rings is 2. The van der Waals surface area contributed by atoms with E-state index in [1.54, 1.807) is 0 Å². The van der Waals surface area contributed by atoms with E-state index in [4.69, 9.17) is 9.47 Å². The summed E-state index contributed by atoms with van der Waals surface area (Å²) in [5, 5.41) is 5.89. The van der Waals surface area contributed by atoms with Crippen LogP contribution in [0, 0.1) is 0 Å². The highest BCUT2D eigenvalue weighted by molar-refractivity contribution is 5.89. The Hall–Kier alpha value is -2.57. The van der Waals surface area contributed by atoms with E-state index in [9.17, 15) is 4.79 Å². The number of hydrogen-bond acceptors (Lipinski definition) is 4. The maximum Gasteiger partial charge on any atom is 0.319 e. The molecule has 2 aromatic carbocycles. The lowest BCUT2D eigenvalue weighted by Crippen LogP contribution is -2.45. The molecule has 0 spiro atoms. The lowest BCUT2D eigenvalue weighted by Gasteiger charge is -2.20. The van der Waals surface area contributed by atoms with Gasteiger partial charge in [0.1, 0.15) is 12.4 Å². The SMILES string of the molecule is CCOC1CN(C)CC1NC(=O)Nc1cccc(OCc2ccccc2)c1. The summed E-state index contributed by atoms with van der Waals surface area (Å²) < 4.78 is 11.5. The van der Waals surface area contributed by atoms with Crippen molar-refractivity contribution in [1.82, 2.24) is 10.2 Å². The molecule has 1 aliphatic rings. The van der Waals surface area contributed by atoms with Gasteiger partial charge in [-0.15, -0.1) is 0 Å². The van der Waals surface area contributed by atoms with Crippen molar-refractivity contribution in [3.63, 3.8) is 0 Å². The number of likely N-dealkylation sites (N-methyl/N-ethyl adjacent to an activating group) is 1. The second-order valence-electron chi connectivity index (χ2n) is 6.72. The van der Waals surface area contributed by atoms with Crippen LogP contribution in [0.4, 0.5) is 10.5 Å². The molecule has 1 aliphatic heterocycles. The molecule has 3 rings (SSSR count). The van der Waals surface area contributed by atoms with E-state index in [1.807, 2.05) is 68.6 Å². The Labute approximate surface area is 160 Å². The average molecular weight is 369 g/mol. The van der Waals surface area contributed by atoms with Gasteiger partial charge in [-0.25, -0.2) is 4.79 Å². The number of nitrogens with one attached hydrogen (secondary N) is 2. The highest BCUT2D eigenvalue weighted by Crippen LogP contribution is 2.19. The lowest BCUT2D eigenvalue weighted by atomic mass is 10.2. The quantitative estimate of drug-likeness (QED) is 0.787. The number of hydrogen-bond donors (Lipinski definition) is 2. The number of likely N-dealkylation sites (tertiary alicyclic amines) is 1. The molecular weight excluding hydrogens is 342 g/mol. The largest absolute Gasteiger partial charge is 0.489 e. The van der Waals surface area contributed by atoms with E-state index >= 15 is 0 Å². The van der Waals surface area contributed by atoms with Gasteiger partial charge in [-0.2, -0.15) is 0 Å². The van der Waals surface area contributed by atoms with E-state index in [1.165, 1.54) is 0 Å². The van der Waals surface area contributed by atoms with Crippen LogP contribution < -0.4 is 15.4 Å². The fourth-order valence-corrected chi connectivity index (χ4v) is 3.22. The van der Waals surface area contributed by atoms with Gasteiger partial charge in [-0.05, 0) is 31.7 Å². The second-order valence-corrected chi connectivity index (χ2v) is 6.72. The number of carbonyl (C=O) groups is 1. The number of urea groups is 1. The molecule has 1 fully saturated rings. The number of nitrogens with zero attached hydrogens (tertiary/aromatic N) is 1. The zero-order valence-corrected chi connectivity index (χ0v) is 15.9. The summed E-state index contributed by atoms with van der Waals surface area (Å²) in [6.45, 7) is 4.69. The third kappa shape index (κ3) is 5.70. The lowest BCUT2D eigenvalue weighted by molar-refractivity contribution is 0.0568. The van der Waals surface area contributed by atoms with Crippen LogP contribution >= 0.6 is 0 Å². The normalized spacial score (nSPS) is 19.6. The number of carbonyl (C=O) groups excluding carboxylic acids is 1. The van der Waals surface area contributed by atoms with Crippen LogP contribution in [-0.4, -0.2) is 49.8 Å². The molecule has 1 heterocycles. The molecule has 6 nitrogen and oxygen atoms in total. The van der Waals surface area contributed by atoms with Crippen molar-refractivity contribution < 1.29 is 14.3 Å². The van der Waals surface area contributed by atoms with Gasteiger partial charge in [-0.3, -0.25) is 0 Å². The highest BCUT2D eigenvalue weighted by atomic mass is 16.5. The van der Waals surface area contributed by atoms with Crippen LogP contribution in [0.3, 0.4) is 0 Å². The van der Waals surface area contributed by atoms with Gasteiger partial charge in [0.05, 0.1) is 12.1 Å². The molecule has 0 bridgehead atoms. The molecule has 0 aromatic heterocycles. The van der Waals surface area contributed by atoms with Gasteiger partial charge in [0, 0.05) is 31.5 Å². The molecular formula is C21H27N3O3. The van der Waals surface area contributed by atoms with E-state index in [0.717, 1.165) is 18.7 Å². The van der Waals surface area contributed by atoms with Gasteiger partial charge < -0.3 is 25.0 Å². The molecule has 2 aromatic rings. The zero-order valence-electron chi connectivity index (χ0n) is 15.9. The van der Waals surface area contributed by atoms with Crippen molar-refractivity contribution in [2.75, 3.05) is 32.1 Å². The fourth-order valence-electron chi connectivity index (χ4n) is 3.22. The van der Waals surface area contributed by atoms with Crippen molar-refractivity contribution in [2.24, 2.45) is 0 Å². The Kier molecular flexibility index (Phi) is 6.68. The summed E-state index contributed by atoms with van der Waals surface area (Å²) in [6, 6.07) is 17.1. The molecule has 2 unspecified atom stereocenters. The maximum absolute atomic E-state index is 12.4. The van der Waals surface area contributed by atoms with Crippen LogP contribution in [-0.2, 0) is 11.3 Å². The second kappa shape index (κ2) is 9.39. The Bertz CT molecular complexity index is 738. The minimum atomic E-state index is -0.236. The number of anilines is 1. The Morgan fingerprint density at radius 3 is 2.74 bits per heavy atom. The van der Waals surface area contributed by atoms with Crippen molar-refractivity contribution in [2.45, 2.75) is 25.7 Å². The van der Waals surface area contributed by atoms with Crippen molar-refractivity contribution in [3.05, 3.63) is 60.2 Å². The smallest absolute Gasteiger partial charge is 0.319 e. The first-order valence-electron chi connectivity index (χ1n) is 9.28. The molecule has 144 valence electrons. The summed E-state index contributed by atoms with van der Waals surface area (Å²) in [4.78, 5) is 14.5. The molecule has 0 aliphatic carbocycles. The van der Waals surface area contributed by atoms with Gasteiger partial charge >= 0.3 is 6.03 Å². The summed E-state index contributed by atoms with van der Waals surface area (Å²) >= 11 is 0. The van der Waals surface area contributed by atoms with E-state index in [-0.39, 0.29) is 18.2 Å². The third-order valence-electron chi connectivity index (χ3n) is 4.49. The molecule has 2 N–H and O–H groups in total. The number of ether oxygens (including phenoxy) is 2. The average Bonchev–Trinajstić information content (AvgIpc) is 3.00. The van der Waals surface area contributed by atoms with Crippen molar-refractivity contribution >= 4 is 11.7 Å². The molecule has 2 amide bonds. The van der Waals surface area contributed by atoms with Crippen LogP contribution in [0.5, 0.6) is 5.75 Å². The Balaban J connectivity index is 1.53. The van der Waals surface area contributed by atoms with Gasteiger partial charge in [-0.1, -0.05) is 36.4 Å². The van der Waals surface area contributed by atoms with Crippen molar-refractivity contribution in [1.29, 1.82) is 0 Å². The first-order valence-corrected chi connectivity index (χ1v) is 9.28. The minimum Gasteiger partial charge on any atom is -0.489 e. The zero-order chi connectivity index (χ0) is 19.1. The summed E-state index contributed by atoms with van der Waals surface area (Å²) in [6.07, 6.45) is 0.0197. The maximum atomic E-state index is 12.4. The van der Waals surface area contributed by atoms with Crippen LogP contribution in [0.2, 0.25) is 0 Å². The van der Waals surface area contributed by atoms with Gasteiger partial charge in [0.25, 0.3) is 0 Å². The fraction of sp³-hybridized carbons (Fsp3) is 0.381. The Morgan fingerprint density at radius 1 is 1.15 bits per heavy atom. The van der Waals surface area contributed by atoms with E-state index in [2.05, 4.69) is 15.5 Å². The first kappa shape index (κ1) is 19.2. The molecule has 2 atom stereocenters. The highest BCUT2D eigenvalue weighted by Gasteiger charge is 2.32. The first-order chi connectivity index (χ1) is 13.1. The minimum absolute atomic E-state index is 0.0197. The predicted molar refractivity (Wildman–Crippen MR) is 106 cm³/mol. The number of rotatable bonds is 7. The summed E-state index contributed by atoms with van der Waals surface area (Å²) in [5.41, 5.74) is 1.79. The van der Waals surface area contributed by atoms with Gasteiger partial charge in [0.2, 0.25) is 0 Å². The van der Waals surface area contributed by atoms with E-state index < -0.39 is 0 Å². The third-order valence-corrected chi connectivity index (χ3v) is 4.49. The predicted octanol–water partition coefficient (Wildman–Crippen LogP) is 3.11. The monoisotopic (exact) mass is 369 g/mol. The molecule has 27 heavy (non-hydrogen) atoms. The standard InChI is InChI=1S/C21H27N3O3/c1-3-26-20-14-24(2)13-19(20)23-21(25)22-17-10-7-11-18(12-17)27-15-16-8-5-4-6-9-16/h4-12,19-20H,3,13-15H2,1-2H3,(H2,22,23,25).